The molecule has 51 nitrogen and oxygen atoms in total. The van der Waals surface area contributed by atoms with Crippen LogP contribution in [0, 0.1) is 0 Å². The molecular weight excluding hydrogens is 1570 g/mol. The summed E-state index contributed by atoms with van der Waals surface area (Å²) in [6.07, 6.45) is -106. The van der Waals surface area contributed by atoms with Gasteiger partial charge < -0.3 is 253 Å². The summed E-state index contributed by atoms with van der Waals surface area (Å²) in [5, 5.41) is 340. The number of hydrogen-bond donors (Lipinski definition) is 31. The Hall–Kier alpha value is -2.04. The van der Waals surface area contributed by atoms with Gasteiger partial charge in [0.1, 0.15) is 238 Å². The zero-order chi connectivity index (χ0) is 83.7. The zero-order valence-corrected chi connectivity index (χ0v) is 60.5. The number of aliphatic hydroxyl groups excluding tert-OH is 31. The van der Waals surface area contributed by atoms with Gasteiger partial charge in [-0.2, -0.15) is 0 Å². The van der Waals surface area contributed by atoms with E-state index in [9.17, 15) is 158 Å². The minimum atomic E-state index is -2.60. The lowest BCUT2D eigenvalue weighted by atomic mass is 9.95. The second-order valence-electron chi connectivity index (χ2n) is 29.3. The molecule has 0 unspecified atom stereocenters. The van der Waals surface area contributed by atoms with Crippen molar-refractivity contribution in [3.63, 3.8) is 0 Å². The minimum absolute atomic E-state index is 0.578. The van der Waals surface area contributed by atoms with Gasteiger partial charge in [-0.25, -0.2) is 0 Å². The molecule has 114 heavy (non-hydrogen) atoms. The smallest absolute Gasteiger partial charge is 0.187 e. The molecule has 0 aromatic heterocycles. The third-order valence-corrected chi connectivity index (χ3v) is 21.3. The maximum absolute atomic E-state index is 12.4. The van der Waals surface area contributed by atoms with E-state index in [0.29, 0.717) is 0 Å². The molecule has 0 aromatic carbocycles. The van der Waals surface area contributed by atoms with Gasteiger partial charge in [0.05, 0.1) is 78.3 Å². The second kappa shape index (κ2) is 41.0. The van der Waals surface area contributed by atoms with E-state index in [0.717, 1.165) is 0 Å². The number of ether oxygens (including phenoxy) is 20. The molecule has 666 valence electrons. The van der Waals surface area contributed by atoms with E-state index in [1.165, 1.54) is 13.8 Å². The summed E-state index contributed by atoms with van der Waals surface area (Å²) < 4.78 is 117. The van der Waals surface area contributed by atoms with E-state index in [1.807, 2.05) is 0 Å². The molecule has 0 spiro atoms. The monoisotopic (exact) mass is 1680 g/mol. The first-order valence-electron chi connectivity index (χ1n) is 36.6. The molecular formula is C63H108O51. The molecule has 0 aromatic rings. The highest BCUT2D eigenvalue weighted by molar-refractivity contribution is 5.02. The molecule has 10 aliphatic heterocycles. The molecule has 51 heteroatoms. The Morgan fingerprint density at radius 2 is 0.553 bits per heavy atom. The summed E-state index contributed by atoms with van der Waals surface area (Å²) in [5.74, 6) is 0. The molecule has 10 fully saturated rings. The lowest BCUT2D eigenvalue weighted by Gasteiger charge is -2.49. The average molecular weight is 1680 g/mol. The topological polar surface area (TPSA) is 812 Å². The highest BCUT2D eigenvalue weighted by Crippen LogP contribution is 2.40. The summed E-state index contributed by atoms with van der Waals surface area (Å²) in [7, 11) is 0. The summed E-state index contributed by atoms with van der Waals surface area (Å²) in [6, 6.07) is 0. The molecule has 10 saturated heterocycles. The Morgan fingerprint density at radius 3 is 0.974 bits per heavy atom. The van der Waals surface area contributed by atoms with Crippen LogP contribution in [0.2, 0.25) is 0 Å². The van der Waals surface area contributed by atoms with Gasteiger partial charge >= 0.3 is 0 Å². The van der Waals surface area contributed by atoms with Crippen molar-refractivity contribution in [2.24, 2.45) is 0 Å². The van der Waals surface area contributed by atoms with Crippen LogP contribution in [-0.4, -0.2) is 538 Å². The summed E-state index contributed by atoms with van der Waals surface area (Å²) in [6.45, 7) is -7.60. The fourth-order valence-electron chi connectivity index (χ4n) is 14.2. The van der Waals surface area contributed by atoms with E-state index in [4.69, 9.17) is 94.7 Å². The maximum atomic E-state index is 12.4. The molecule has 10 rings (SSSR count). The Morgan fingerprint density at radius 1 is 0.263 bits per heavy atom. The van der Waals surface area contributed by atoms with E-state index < -0.39 is 379 Å². The Labute approximate surface area is 644 Å². The van der Waals surface area contributed by atoms with Crippen molar-refractivity contribution in [1.82, 2.24) is 0 Å². The predicted molar refractivity (Wildman–Crippen MR) is 344 cm³/mol. The summed E-state index contributed by atoms with van der Waals surface area (Å²) >= 11 is 0. The molecule has 0 aliphatic carbocycles. The number of rotatable bonds is 30. The fourth-order valence-corrected chi connectivity index (χ4v) is 14.2. The fraction of sp³-hybridized carbons (Fsp3) is 1.00. The first kappa shape index (κ1) is 94.2. The number of aliphatic hydroxyl groups is 31. The van der Waals surface area contributed by atoms with Gasteiger partial charge in [0.15, 0.2) is 62.9 Å². The van der Waals surface area contributed by atoms with Crippen LogP contribution in [0.1, 0.15) is 13.8 Å². The van der Waals surface area contributed by atoms with Gasteiger partial charge in [-0.05, 0) is 13.8 Å². The lowest BCUT2D eigenvalue weighted by molar-refractivity contribution is -0.399. The third kappa shape index (κ3) is 20.6. The van der Waals surface area contributed by atoms with Crippen molar-refractivity contribution in [3.05, 3.63) is 0 Å². The standard InChI is InChI=1S/C63H108O51/c1-13-25(73)34(82)42(90)55(101-13)111-52-37(85)31(79)20(5-66)103-62(52)113-50-29(77)18(71)8-96-60(50)99-11-23-49(39(87)45(93)58(106-23)108-47(16(69)4-65)28(76)15(68)3-64)110-59-46(94)40(88)48(109-57-44(92)36(84)33(81)22(105-57)10-98-54-41(89)27(75)17(70)7-95-54)24(107-59)12-100-61-51(30(78)19(72)9-97-61)114-63-53(38(86)32(80)21(6-67)104-63)112-56-43(91)35(83)26(74)14(2)102-56/h13-94H,3-12H2,1-2H3/t13-,14-,15-,16+,17+,18+,19+,20+,21+,22+,23+,24+,25+,26+,27-,28+,29-,30-,31-,32-,33+,34+,35+,36-,37-,38-,39+,40+,41+,42-,43-,44+,45+,46+,47+,48+,49+,50+,51+,52+,53+,54+,55-,56-,57-,58-,59-,60+,61+,62-,63-/m0/s1. The van der Waals surface area contributed by atoms with Crippen LogP contribution in [0.25, 0.3) is 0 Å². The quantitative estimate of drug-likeness (QED) is 0.0318. The highest BCUT2D eigenvalue weighted by atomic mass is 16.8. The van der Waals surface area contributed by atoms with Gasteiger partial charge in [-0.3, -0.25) is 0 Å². The third-order valence-electron chi connectivity index (χ3n) is 21.3. The molecule has 0 saturated carbocycles. The van der Waals surface area contributed by atoms with Crippen molar-refractivity contribution in [2.75, 3.05) is 66.1 Å². The average Bonchev–Trinajstić information content (AvgIpc) is 0.775. The van der Waals surface area contributed by atoms with E-state index in [2.05, 4.69) is 0 Å². The Bertz CT molecular complexity index is 2860. The van der Waals surface area contributed by atoms with Crippen molar-refractivity contribution >= 4 is 0 Å². The van der Waals surface area contributed by atoms with Crippen LogP contribution in [-0.2, 0) is 94.7 Å². The lowest BCUT2D eigenvalue weighted by Crippen LogP contribution is -2.68. The Kier molecular flexibility index (Phi) is 33.9. The first-order valence-corrected chi connectivity index (χ1v) is 36.6. The maximum Gasteiger partial charge on any atom is 0.187 e. The molecule has 0 bridgehead atoms. The van der Waals surface area contributed by atoms with Gasteiger partial charge in [-0.1, -0.05) is 0 Å². The molecule has 0 radical (unpaired) electrons. The van der Waals surface area contributed by atoms with Crippen LogP contribution < -0.4 is 0 Å². The molecule has 10 heterocycles. The van der Waals surface area contributed by atoms with Crippen LogP contribution >= 0.6 is 0 Å². The van der Waals surface area contributed by atoms with E-state index in [-0.39, 0.29) is 0 Å². The Balaban J connectivity index is 0.965. The largest absolute Gasteiger partial charge is 0.394 e. The van der Waals surface area contributed by atoms with Gasteiger partial charge in [0.2, 0.25) is 0 Å². The van der Waals surface area contributed by atoms with Crippen LogP contribution in [0.3, 0.4) is 0 Å². The van der Waals surface area contributed by atoms with E-state index in [1.54, 1.807) is 0 Å². The van der Waals surface area contributed by atoms with Crippen molar-refractivity contribution in [1.29, 1.82) is 0 Å². The first-order chi connectivity index (χ1) is 53.9. The van der Waals surface area contributed by atoms with E-state index >= 15 is 0 Å². The zero-order valence-electron chi connectivity index (χ0n) is 60.5. The molecule has 31 N–H and O–H groups in total. The SMILES string of the molecule is C[C@@H]1O[C@@H](O[C@H]2[C@H](O[C@H]3[C@@H](OC[C@H]4O[C@@H](O[C@H]5[C@H](O)[C@@H](O)[C@H](O[C@@H]([C@H](O)[C@@H](O)CO)[C@H](O)CO)O[C@@H]5CO[C@H]5OC[C@@H](O)[C@H](O)[C@H]5O[C@@H]5O[C@H](CO)[C@H](O)[C@H](O)[C@H]5O[C@@H]5O[C@@H](C)[C@@H](O)[C@@H](O)[C@@H]5O)[C@H](O)[C@@H](O)[C@@H]4O[C@@H]4O[C@H](CO[C@H]5OC[C@@H](O)[C@H](O)[C@H]5O)[C@@H](O)[C@H](O)[C@H]4O)OC[C@@H](O)[C@@H]3O)O[C@H](CO)[C@H](O)[C@@H]2O)[C@@H](O)[C@H](O)[C@@H]1O. The van der Waals surface area contributed by atoms with Crippen LogP contribution in [0.15, 0.2) is 0 Å². The summed E-state index contributed by atoms with van der Waals surface area (Å²) in [5.41, 5.74) is 0. The van der Waals surface area contributed by atoms with Crippen molar-refractivity contribution in [2.45, 2.75) is 327 Å². The van der Waals surface area contributed by atoms with Gasteiger partial charge in [0.25, 0.3) is 0 Å². The van der Waals surface area contributed by atoms with Crippen molar-refractivity contribution < 1.29 is 253 Å². The minimum Gasteiger partial charge on any atom is -0.394 e. The van der Waals surface area contributed by atoms with Crippen LogP contribution in [0.5, 0.6) is 0 Å². The van der Waals surface area contributed by atoms with Crippen LogP contribution in [0.4, 0.5) is 0 Å². The molecule has 0 amide bonds. The normalized spacial score (nSPS) is 51.8. The van der Waals surface area contributed by atoms with Gasteiger partial charge in [0, 0.05) is 0 Å². The predicted octanol–water partition coefficient (Wildman–Crippen LogP) is -21.4. The molecule has 10 aliphatic rings. The van der Waals surface area contributed by atoms with Gasteiger partial charge in [-0.15, -0.1) is 0 Å². The summed E-state index contributed by atoms with van der Waals surface area (Å²) in [4.78, 5) is 0. The highest BCUT2D eigenvalue weighted by Gasteiger charge is 2.60. The van der Waals surface area contributed by atoms with Crippen molar-refractivity contribution in [3.8, 4) is 0 Å². The number of hydrogen-bond acceptors (Lipinski definition) is 51. The second-order valence-corrected chi connectivity index (χ2v) is 29.3. The molecule has 51 atom stereocenters.